The summed E-state index contributed by atoms with van der Waals surface area (Å²) in [4.78, 5) is 20.1. The highest BCUT2D eigenvalue weighted by Crippen LogP contribution is 2.30. The van der Waals surface area contributed by atoms with E-state index in [1.807, 2.05) is 0 Å². The molecule has 2 aromatic carbocycles. The predicted octanol–water partition coefficient (Wildman–Crippen LogP) is 4.11. The number of phenols is 1. The molecule has 1 amide bonds. The van der Waals surface area contributed by atoms with E-state index in [2.05, 4.69) is 48.3 Å². The van der Waals surface area contributed by atoms with Crippen molar-refractivity contribution >= 4 is 16.9 Å². The van der Waals surface area contributed by atoms with Crippen molar-refractivity contribution < 1.29 is 14.3 Å². The first kappa shape index (κ1) is 20.3. The molecule has 1 aliphatic heterocycles. The van der Waals surface area contributed by atoms with E-state index < -0.39 is 5.82 Å². The van der Waals surface area contributed by atoms with Crippen LogP contribution in [0, 0.1) is 5.82 Å². The van der Waals surface area contributed by atoms with Gasteiger partial charge in [0.25, 0.3) is 5.91 Å². The number of fused-ring (bicyclic) bond motifs is 1. The maximum Gasteiger partial charge on any atom is 0.251 e. The van der Waals surface area contributed by atoms with Crippen LogP contribution in [-0.4, -0.2) is 38.1 Å². The molecule has 0 aliphatic carbocycles. The van der Waals surface area contributed by atoms with Gasteiger partial charge in [-0.1, -0.05) is 6.07 Å². The molecule has 158 valence electrons. The second kappa shape index (κ2) is 7.09. The molecular formula is C23H27FN4O2. The number of phenolic OH excluding ortho intramolecular Hbond substituents is 1. The first-order valence-electron chi connectivity index (χ1n) is 10.1. The summed E-state index contributed by atoms with van der Waals surface area (Å²) in [5.41, 5.74) is 1.31. The number of nitrogens with zero attached hydrogens (tertiary/aromatic N) is 1. The van der Waals surface area contributed by atoms with E-state index >= 15 is 0 Å². The third-order valence-corrected chi connectivity index (χ3v) is 5.51. The van der Waals surface area contributed by atoms with Crippen molar-refractivity contribution in [2.24, 2.45) is 0 Å². The topological polar surface area (TPSA) is 90.0 Å². The fraction of sp³-hybridized carbons (Fsp3) is 0.391. The van der Waals surface area contributed by atoms with E-state index in [-0.39, 0.29) is 39.9 Å². The Bertz CT molecular complexity index is 1100. The van der Waals surface area contributed by atoms with Gasteiger partial charge in [0.15, 0.2) is 0 Å². The number of carbonyl (C=O) groups is 1. The van der Waals surface area contributed by atoms with Gasteiger partial charge in [-0.05, 0) is 70.9 Å². The van der Waals surface area contributed by atoms with E-state index in [0.717, 1.165) is 12.8 Å². The van der Waals surface area contributed by atoms with E-state index in [1.54, 1.807) is 18.2 Å². The molecule has 30 heavy (non-hydrogen) atoms. The van der Waals surface area contributed by atoms with Crippen LogP contribution in [0.3, 0.4) is 0 Å². The SMILES string of the molecule is CC1(C)CC(NC(=O)c2ccc(-c3nc4cccc(O)c4[nH]3)c(F)c2)CC(C)(C)N1. The zero-order valence-electron chi connectivity index (χ0n) is 17.6. The van der Waals surface area contributed by atoms with Crippen LogP contribution >= 0.6 is 0 Å². The Labute approximate surface area is 174 Å². The fourth-order valence-corrected chi connectivity index (χ4v) is 4.69. The Morgan fingerprint density at radius 1 is 1.17 bits per heavy atom. The molecule has 4 N–H and O–H groups in total. The number of piperidine rings is 1. The number of aromatic nitrogens is 2. The zero-order chi connectivity index (χ0) is 21.7. The van der Waals surface area contributed by atoms with Crippen molar-refractivity contribution in [2.45, 2.75) is 57.7 Å². The Morgan fingerprint density at radius 2 is 1.87 bits per heavy atom. The van der Waals surface area contributed by atoms with Crippen LogP contribution in [0.5, 0.6) is 5.75 Å². The number of hydrogen-bond acceptors (Lipinski definition) is 4. The summed E-state index contributed by atoms with van der Waals surface area (Å²) in [5.74, 6) is -0.485. The minimum atomic E-state index is -0.549. The van der Waals surface area contributed by atoms with Crippen LogP contribution < -0.4 is 10.6 Å². The molecule has 0 unspecified atom stereocenters. The number of H-pyrrole nitrogens is 1. The van der Waals surface area contributed by atoms with Crippen LogP contribution in [0.4, 0.5) is 4.39 Å². The molecule has 4 rings (SSSR count). The molecule has 1 aromatic heterocycles. The van der Waals surface area contributed by atoms with Crippen molar-refractivity contribution in [3.63, 3.8) is 0 Å². The number of carbonyl (C=O) groups excluding carboxylic acids is 1. The normalized spacial score (nSPS) is 18.4. The Kier molecular flexibility index (Phi) is 4.81. The molecule has 0 spiro atoms. The summed E-state index contributed by atoms with van der Waals surface area (Å²) in [7, 11) is 0. The molecule has 0 bridgehead atoms. The molecule has 0 atom stereocenters. The van der Waals surface area contributed by atoms with Gasteiger partial charge in [-0.15, -0.1) is 0 Å². The van der Waals surface area contributed by atoms with Crippen LogP contribution in [0.2, 0.25) is 0 Å². The standard InChI is InChI=1S/C23H27FN4O2/c1-22(2)11-14(12-23(3,4)28-22)25-21(30)13-8-9-15(16(24)10-13)20-26-17-6-5-7-18(29)19(17)27-20/h5-10,14,28-29H,11-12H2,1-4H3,(H,25,30)(H,26,27). The van der Waals surface area contributed by atoms with Gasteiger partial charge < -0.3 is 20.7 Å². The lowest BCUT2D eigenvalue weighted by Crippen LogP contribution is -2.62. The number of imidazole rings is 1. The molecule has 7 heteroatoms. The quantitative estimate of drug-likeness (QED) is 0.523. The van der Waals surface area contributed by atoms with Gasteiger partial charge in [-0.25, -0.2) is 9.37 Å². The zero-order valence-corrected chi connectivity index (χ0v) is 17.6. The first-order valence-corrected chi connectivity index (χ1v) is 10.1. The van der Waals surface area contributed by atoms with Gasteiger partial charge in [0.1, 0.15) is 22.9 Å². The van der Waals surface area contributed by atoms with Gasteiger partial charge in [-0.3, -0.25) is 4.79 Å². The van der Waals surface area contributed by atoms with E-state index in [1.165, 1.54) is 18.2 Å². The van der Waals surface area contributed by atoms with Crippen LogP contribution in [0.15, 0.2) is 36.4 Å². The van der Waals surface area contributed by atoms with Crippen LogP contribution in [0.1, 0.15) is 50.9 Å². The van der Waals surface area contributed by atoms with Crippen molar-refractivity contribution in [3.05, 3.63) is 47.8 Å². The summed E-state index contributed by atoms with van der Waals surface area (Å²) in [6, 6.07) is 9.32. The highest BCUT2D eigenvalue weighted by atomic mass is 19.1. The van der Waals surface area contributed by atoms with Gasteiger partial charge in [0.05, 0.1) is 11.1 Å². The molecule has 2 heterocycles. The largest absolute Gasteiger partial charge is 0.506 e. The molecule has 6 nitrogen and oxygen atoms in total. The Balaban J connectivity index is 1.55. The average Bonchev–Trinajstić information content (AvgIpc) is 3.04. The van der Waals surface area contributed by atoms with Gasteiger partial charge >= 0.3 is 0 Å². The number of hydrogen-bond donors (Lipinski definition) is 4. The number of nitrogens with one attached hydrogen (secondary N) is 3. The van der Waals surface area contributed by atoms with E-state index in [0.29, 0.717) is 16.9 Å². The number of aromatic hydroxyl groups is 1. The smallest absolute Gasteiger partial charge is 0.251 e. The summed E-state index contributed by atoms with van der Waals surface area (Å²) < 4.78 is 14.8. The van der Waals surface area contributed by atoms with Gasteiger partial charge in [0, 0.05) is 22.7 Å². The molecule has 3 aromatic rings. The molecule has 1 aliphatic rings. The molecule has 1 saturated heterocycles. The number of aromatic amines is 1. The van der Waals surface area contributed by atoms with Crippen molar-refractivity contribution in [1.82, 2.24) is 20.6 Å². The minimum absolute atomic E-state index is 0.00448. The molecule has 1 fully saturated rings. The van der Waals surface area contributed by atoms with Crippen LogP contribution in [0.25, 0.3) is 22.4 Å². The second-order valence-electron chi connectivity index (χ2n) is 9.42. The second-order valence-corrected chi connectivity index (χ2v) is 9.42. The highest BCUT2D eigenvalue weighted by molar-refractivity contribution is 5.95. The minimum Gasteiger partial charge on any atom is -0.506 e. The molecule has 0 saturated carbocycles. The third-order valence-electron chi connectivity index (χ3n) is 5.51. The highest BCUT2D eigenvalue weighted by Gasteiger charge is 2.38. The summed E-state index contributed by atoms with van der Waals surface area (Å²) >= 11 is 0. The first-order chi connectivity index (χ1) is 14.0. The summed E-state index contributed by atoms with van der Waals surface area (Å²) in [6.45, 7) is 8.47. The summed E-state index contributed by atoms with van der Waals surface area (Å²) in [5, 5.41) is 16.6. The third kappa shape index (κ3) is 4.03. The number of rotatable bonds is 3. The Hall–Kier alpha value is -2.93. The number of amides is 1. The van der Waals surface area contributed by atoms with Gasteiger partial charge in [-0.2, -0.15) is 0 Å². The lowest BCUT2D eigenvalue weighted by atomic mass is 9.79. The molecular weight excluding hydrogens is 383 g/mol. The van der Waals surface area contributed by atoms with Gasteiger partial charge in [0.2, 0.25) is 0 Å². The number of halogens is 1. The number of para-hydroxylation sites is 1. The average molecular weight is 410 g/mol. The predicted molar refractivity (Wildman–Crippen MR) is 115 cm³/mol. The van der Waals surface area contributed by atoms with Crippen LogP contribution in [-0.2, 0) is 0 Å². The maximum absolute atomic E-state index is 14.8. The van der Waals surface area contributed by atoms with Crippen molar-refractivity contribution in [1.29, 1.82) is 0 Å². The fourth-order valence-electron chi connectivity index (χ4n) is 4.69. The molecule has 0 radical (unpaired) electrons. The lowest BCUT2D eigenvalue weighted by molar-refractivity contribution is 0.0872. The summed E-state index contributed by atoms with van der Waals surface area (Å²) in [6.07, 6.45) is 1.59. The van der Waals surface area contributed by atoms with E-state index in [4.69, 9.17) is 0 Å². The maximum atomic E-state index is 14.8. The lowest BCUT2D eigenvalue weighted by Gasteiger charge is -2.46. The number of benzene rings is 2. The monoisotopic (exact) mass is 410 g/mol. The van der Waals surface area contributed by atoms with Crippen molar-refractivity contribution in [2.75, 3.05) is 0 Å². The Morgan fingerprint density at radius 3 is 2.50 bits per heavy atom. The van der Waals surface area contributed by atoms with E-state index in [9.17, 15) is 14.3 Å². The van der Waals surface area contributed by atoms with Crippen molar-refractivity contribution in [3.8, 4) is 17.1 Å².